The van der Waals surface area contributed by atoms with Crippen molar-refractivity contribution in [1.29, 1.82) is 0 Å². The minimum atomic E-state index is -0.516. The van der Waals surface area contributed by atoms with Crippen LogP contribution in [0.15, 0.2) is 97.1 Å². The zero-order chi connectivity index (χ0) is 47.1. The van der Waals surface area contributed by atoms with Crippen LogP contribution in [0, 0.1) is 11.8 Å². The van der Waals surface area contributed by atoms with Gasteiger partial charge in [0, 0.05) is 53.6 Å². The lowest BCUT2D eigenvalue weighted by molar-refractivity contribution is 0.0527. The van der Waals surface area contributed by atoms with E-state index in [4.69, 9.17) is 66.8 Å². The van der Waals surface area contributed by atoms with Crippen molar-refractivity contribution in [2.45, 2.75) is 92.8 Å². The van der Waals surface area contributed by atoms with Crippen LogP contribution in [0.5, 0.6) is 0 Å². The molecule has 0 aliphatic rings. The lowest BCUT2D eigenvalue weighted by Gasteiger charge is -2.23. The highest BCUT2D eigenvalue weighted by molar-refractivity contribution is 7.16. The number of nitrogens with two attached hydrogens (primary N) is 1. The van der Waals surface area contributed by atoms with Crippen molar-refractivity contribution in [3.8, 4) is 22.5 Å². The molecule has 0 atom stereocenters. The van der Waals surface area contributed by atoms with Crippen molar-refractivity contribution in [1.82, 2.24) is 15.3 Å². The molecule has 0 aliphatic carbocycles. The first-order valence-electron chi connectivity index (χ1n) is 22.1. The minimum absolute atomic E-state index is 0.396. The molecule has 1 amide bonds. The summed E-state index contributed by atoms with van der Waals surface area (Å²) in [5.41, 5.74) is 11.7. The number of aromatic nitrogens is 2. The molecule has 0 fully saturated rings. The molecule has 0 radical (unpaired) electrons. The number of halogens is 4. The maximum absolute atomic E-state index is 12.0. The van der Waals surface area contributed by atoms with Gasteiger partial charge in [-0.1, -0.05) is 147 Å². The summed E-state index contributed by atoms with van der Waals surface area (Å²) in [5, 5.41) is 7.00. The molecular formula is C51H62Cl4N6O2S2. The van der Waals surface area contributed by atoms with Crippen molar-refractivity contribution >= 4 is 85.4 Å². The summed E-state index contributed by atoms with van der Waals surface area (Å²) in [6.07, 6.45) is 3.18. The molecule has 0 unspecified atom stereocenters. The van der Waals surface area contributed by atoms with Crippen LogP contribution >= 0.6 is 69.1 Å². The normalized spacial score (nSPS) is 11.4. The Labute approximate surface area is 414 Å². The molecule has 6 aromatic rings. The van der Waals surface area contributed by atoms with E-state index in [2.05, 4.69) is 79.2 Å². The number of hydrogen-bond donors (Lipinski definition) is 2. The molecular weight excluding hydrogens is 935 g/mol. The summed E-state index contributed by atoms with van der Waals surface area (Å²) >= 11 is 28.4. The van der Waals surface area contributed by atoms with Gasteiger partial charge >= 0.3 is 6.09 Å². The van der Waals surface area contributed by atoms with Gasteiger partial charge in [-0.2, -0.15) is 0 Å². The monoisotopic (exact) mass is 994 g/mol. The molecule has 65 heavy (non-hydrogen) atoms. The highest BCUT2D eigenvalue weighted by Crippen LogP contribution is 2.39. The number of carbonyl (C=O) groups excluding carboxylic acids is 1. The number of nitrogens with zero attached hydrogens (tertiary/aromatic N) is 4. The Balaban J connectivity index is 0.000000250. The number of anilines is 2. The summed E-state index contributed by atoms with van der Waals surface area (Å²) in [6.45, 7) is 18.8. The summed E-state index contributed by atoms with van der Waals surface area (Å²) in [4.78, 5) is 29.3. The number of thiazole rings is 2. The average Bonchev–Trinajstić information content (AvgIpc) is 3.86. The maximum Gasteiger partial charge on any atom is 0.407 e. The van der Waals surface area contributed by atoms with Crippen LogP contribution < -0.4 is 20.9 Å². The molecule has 2 heterocycles. The second-order valence-electron chi connectivity index (χ2n) is 17.7. The predicted octanol–water partition coefficient (Wildman–Crippen LogP) is 14.9. The van der Waals surface area contributed by atoms with Crippen LogP contribution in [0.3, 0.4) is 0 Å². The van der Waals surface area contributed by atoms with Gasteiger partial charge in [0.05, 0.1) is 31.5 Å². The Hall–Kier alpha value is -3.87. The molecule has 2 aromatic heterocycles. The summed E-state index contributed by atoms with van der Waals surface area (Å²) < 4.78 is 5.35. The van der Waals surface area contributed by atoms with E-state index in [0.29, 0.717) is 45.0 Å². The van der Waals surface area contributed by atoms with E-state index in [1.165, 1.54) is 20.9 Å². The summed E-state index contributed by atoms with van der Waals surface area (Å²) in [7, 11) is 0. The Morgan fingerprint density at radius 2 is 1.09 bits per heavy atom. The van der Waals surface area contributed by atoms with Gasteiger partial charge in [0.2, 0.25) is 0 Å². The third kappa shape index (κ3) is 16.8. The van der Waals surface area contributed by atoms with Gasteiger partial charge in [-0.3, -0.25) is 0 Å². The standard InChI is InChI=1S/C28H35Cl2N3O2S.C23H27Cl2N3S/c1-19(2)16-24-25(21-12-13-22(29)23(30)17-21)32-26(36-24)33(18-20-10-7-6-8-11-20)15-9-14-31-27(34)35-28(3,4)5;1-16(2)13-21-22(18-9-10-19(24)20(25)14-18)27-23(29-21)28(12-6-11-26)15-17-7-4-3-5-8-17/h6-8,10-13,17,19H,9,14-16,18H2,1-5H3,(H,31,34);3-5,7-10,14,16H,6,11-13,15,26H2,1-2H3. The highest BCUT2D eigenvalue weighted by Gasteiger charge is 2.22. The third-order valence-corrected chi connectivity index (χ3v) is 13.6. The number of carbonyl (C=O) groups is 1. The van der Waals surface area contributed by atoms with Crippen molar-refractivity contribution in [3.63, 3.8) is 0 Å². The number of ether oxygens (including phenoxy) is 1. The largest absolute Gasteiger partial charge is 0.444 e. The van der Waals surface area contributed by atoms with Crippen LogP contribution in [0.4, 0.5) is 15.1 Å². The Morgan fingerprint density at radius 3 is 1.48 bits per heavy atom. The Morgan fingerprint density at radius 1 is 0.662 bits per heavy atom. The van der Waals surface area contributed by atoms with Crippen molar-refractivity contribution in [2.24, 2.45) is 17.6 Å². The Kier molecular flexibility index (Phi) is 20.3. The van der Waals surface area contributed by atoms with Gasteiger partial charge in [0.25, 0.3) is 0 Å². The van der Waals surface area contributed by atoms with E-state index in [0.717, 1.165) is 84.6 Å². The average molecular weight is 997 g/mol. The quantitative estimate of drug-likeness (QED) is 0.0780. The zero-order valence-corrected chi connectivity index (χ0v) is 43.1. The van der Waals surface area contributed by atoms with Crippen LogP contribution in [-0.4, -0.2) is 47.8 Å². The fourth-order valence-corrected chi connectivity index (χ4v) is 10.1. The van der Waals surface area contributed by atoms with Crippen LogP contribution in [0.2, 0.25) is 20.1 Å². The molecule has 14 heteroatoms. The van der Waals surface area contributed by atoms with E-state index in [1.54, 1.807) is 22.7 Å². The van der Waals surface area contributed by atoms with E-state index >= 15 is 0 Å². The fourth-order valence-electron chi connectivity index (χ4n) is 6.85. The Bertz CT molecular complexity index is 2400. The summed E-state index contributed by atoms with van der Waals surface area (Å²) in [5.74, 6) is 1.02. The number of amides is 1. The van der Waals surface area contributed by atoms with Crippen molar-refractivity contribution < 1.29 is 9.53 Å². The first-order chi connectivity index (χ1) is 31.0. The number of benzene rings is 4. The number of alkyl carbamates (subject to hydrolysis) is 1. The van der Waals surface area contributed by atoms with E-state index in [9.17, 15) is 4.79 Å². The third-order valence-electron chi connectivity index (χ3n) is 9.82. The summed E-state index contributed by atoms with van der Waals surface area (Å²) in [6, 6.07) is 32.3. The van der Waals surface area contributed by atoms with Crippen LogP contribution in [0.25, 0.3) is 22.5 Å². The van der Waals surface area contributed by atoms with E-state index < -0.39 is 11.7 Å². The number of hydrogen-bond acceptors (Lipinski definition) is 9. The molecule has 3 N–H and O–H groups in total. The maximum atomic E-state index is 12.0. The predicted molar refractivity (Wildman–Crippen MR) is 280 cm³/mol. The molecule has 4 aromatic carbocycles. The number of rotatable bonds is 19. The van der Waals surface area contributed by atoms with Gasteiger partial charge in [0.1, 0.15) is 5.60 Å². The zero-order valence-electron chi connectivity index (χ0n) is 38.5. The van der Waals surface area contributed by atoms with Gasteiger partial charge in [-0.05, 0) is 100 Å². The first kappa shape index (κ1) is 52.1. The second kappa shape index (κ2) is 25.3. The molecule has 6 rings (SSSR count). The fraction of sp³-hybridized carbons (Fsp3) is 0.392. The highest BCUT2D eigenvalue weighted by atomic mass is 35.5. The van der Waals surface area contributed by atoms with Crippen molar-refractivity contribution in [3.05, 3.63) is 138 Å². The van der Waals surface area contributed by atoms with Crippen LogP contribution in [0.1, 0.15) is 82.2 Å². The smallest absolute Gasteiger partial charge is 0.407 e. The topological polar surface area (TPSA) is 96.6 Å². The molecule has 0 saturated carbocycles. The lowest BCUT2D eigenvalue weighted by Crippen LogP contribution is -2.34. The SMILES string of the molecule is CC(C)Cc1sc(N(CCCN)Cc2ccccc2)nc1-c1ccc(Cl)c(Cl)c1.CC(C)Cc1sc(N(CCCNC(=O)OC(C)(C)C)Cc2ccccc2)nc1-c1ccc(Cl)c(Cl)c1. The van der Waals surface area contributed by atoms with Gasteiger partial charge < -0.3 is 25.6 Å². The minimum Gasteiger partial charge on any atom is -0.444 e. The molecule has 0 bridgehead atoms. The lowest BCUT2D eigenvalue weighted by atomic mass is 10.0. The molecule has 0 aliphatic heterocycles. The second-order valence-corrected chi connectivity index (χ2v) is 21.5. The molecule has 348 valence electrons. The van der Waals surface area contributed by atoms with Gasteiger partial charge in [0.15, 0.2) is 10.3 Å². The van der Waals surface area contributed by atoms with Gasteiger partial charge in [-0.15, -0.1) is 22.7 Å². The van der Waals surface area contributed by atoms with E-state index in [-0.39, 0.29) is 0 Å². The first-order valence-corrected chi connectivity index (χ1v) is 25.3. The molecule has 0 spiro atoms. The van der Waals surface area contributed by atoms with Gasteiger partial charge in [-0.25, -0.2) is 14.8 Å². The molecule has 0 saturated heterocycles. The van der Waals surface area contributed by atoms with Crippen molar-refractivity contribution in [2.75, 3.05) is 36.0 Å². The molecule has 8 nitrogen and oxygen atoms in total. The van der Waals surface area contributed by atoms with Crippen LogP contribution in [-0.2, 0) is 30.7 Å². The number of nitrogens with one attached hydrogen (secondary N) is 1. The van der Waals surface area contributed by atoms with E-state index in [1.807, 2.05) is 81.4 Å².